The van der Waals surface area contributed by atoms with Gasteiger partial charge in [-0.2, -0.15) is 0 Å². The van der Waals surface area contributed by atoms with Crippen LogP contribution in [-0.2, 0) is 4.79 Å². The van der Waals surface area contributed by atoms with E-state index in [4.69, 9.17) is 9.47 Å². The van der Waals surface area contributed by atoms with Crippen LogP contribution >= 0.6 is 11.3 Å². The number of aromatic nitrogens is 1. The Kier molecular flexibility index (Phi) is 4.18. The quantitative estimate of drug-likeness (QED) is 0.737. The summed E-state index contributed by atoms with van der Waals surface area (Å²) in [5.74, 6) is 0.742. The van der Waals surface area contributed by atoms with Crippen molar-refractivity contribution < 1.29 is 19.1 Å². The molecule has 3 aromatic rings. The Labute approximate surface area is 152 Å². The monoisotopic (exact) mass is 369 g/mol. The number of thiazole rings is 1. The maximum Gasteiger partial charge on any atom is 0.262 e. The molecule has 2 aromatic carbocycles. The van der Waals surface area contributed by atoms with Crippen molar-refractivity contribution in [1.82, 2.24) is 4.98 Å². The summed E-state index contributed by atoms with van der Waals surface area (Å²) in [5.41, 5.74) is 1.78. The first kappa shape index (κ1) is 16.3. The van der Waals surface area contributed by atoms with Gasteiger partial charge < -0.3 is 14.8 Å². The normalized spacial score (nSPS) is 12.9. The number of anilines is 2. The van der Waals surface area contributed by atoms with E-state index in [0.717, 1.165) is 16.0 Å². The Hall–Kier alpha value is -3.13. The van der Waals surface area contributed by atoms with Gasteiger partial charge >= 0.3 is 0 Å². The van der Waals surface area contributed by atoms with Crippen molar-refractivity contribution in [1.29, 1.82) is 0 Å². The number of rotatable bonds is 4. The number of ether oxygens (including phenoxy) is 2. The van der Waals surface area contributed by atoms with E-state index < -0.39 is 0 Å². The molecule has 0 unspecified atom stereocenters. The molecule has 4 rings (SSSR count). The molecule has 0 atom stereocenters. The second-order valence-electron chi connectivity index (χ2n) is 5.58. The smallest absolute Gasteiger partial charge is 0.262 e. The highest BCUT2D eigenvalue weighted by Gasteiger charge is 2.18. The zero-order chi connectivity index (χ0) is 18.1. The zero-order valence-corrected chi connectivity index (χ0v) is 14.7. The number of nitrogens with zero attached hydrogens (tertiary/aromatic N) is 1. The Morgan fingerprint density at radius 3 is 3.08 bits per heavy atom. The highest BCUT2D eigenvalue weighted by atomic mass is 32.1. The van der Waals surface area contributed by atoms with Crippen LogP contribution in [0.25, 0.3) is 10.2 Å². The van der Waals surface area contributed by atoms with Gasteiger partial charge in [-0.1, -0.05) is 11.3 Å². The molecule has 0 bridgehead atoms. The molecule has 26 heavy (non-hydrogen) atoms. The summed E-state index contributed by atoms with van der Waals surface area (Å²) < 4.78 is 11.8. The fourth-order valence-corrected chi connectivity index (χ4v) is 3.49. The molecule has 2 amide bonds. The first-order valence-electron chi connectivity index (χ1n) is 8.04. The van der Waals surface area contributed by atoms with E-state index in [2.05, 4.69) is 15.6 Å². The molecule has 0 radical (unpaired) electrons. The summed E-state index contributed by atoms with van der Waals surface area (Å²) in [4.78, 5) is 28.2. The lowest BCUT2D eigenvalue weighted by Crippen LogP contribution is -2.25. The van der Waals surface area contributed by atoms with Crippen molar-refractivity contribution in [3.05, 3.63) is 42.0 Å². The van der Waals surface area contributed by atoms with E-state index in [0.29, 0.717) is 28.7 Å². The summed E-state index contributed by atoms with van der Waals surface area (Å²) in [6, 6.07) is 10.5. The van der Waals surface area contributed by atoms with Crippen LogP contribution < -0.4 is 20.1 Å². The van der Waals surface area contributed by atoms with Gasteiger partial charge in [0.15, 0.2) is 11.7 Å². The summed E-state index contributed by atoms with van der Waals surface area (Å²) in [7, 11) is 0. The Morgan fingerprint density at radius 1 is 1.35 bits per heavy atom. The van der Waals surface area contributed by atoms with Crippen LogP contribution in [0.15, 0.2) is 36.4 Å². The second-order valence-corrected chi connectivity index (χ2v) is 6.61. The molecular weight excluding hydrogens is 354 g/mol. The summed E-state index contributed by atoms with van der Waals surface area (Å²) in [6.07, 6.45) is 0. The van der Waals surface area contributed by atoms with Crippen molar-refractivity contribution in [2.75, 3.05) is 23.8 Å². The number of nitrogens with one attached hydrogen (secondary N) is 2. The molecule has 2 N–H and O–H groups in total. The topological polar surface area (TPSA) is 89.6 Å². The maximum absolute atomic E-state index is 12.5. The summed E-state index contributed by atoms with van der Waals surface area (Å²) in [5, 5.41) is 6.00. The molecule has 0 spiro atoms. The molecule has 1 aromatic heterocycles. The average Bonchev–Trinajstić information content (AvgIpc) is 3.03. The lowest BCUT2D eigenvalue weighted by atomic mass is 10.1. The highest BCUT2D eigenvalue weighted by molar-refractivity contribution is 7.22. The van der Waals surface area contributed by atoms with Crippen molar-refractivity contribution >= 4 is 44.2 Å². The average molecular weight is 369 g/mol. The van der Waals surface area contributed by atoms with E-state index in [1.807, 2.05) is 25.1 Å². The summed E-state index contributed by atoms with van der Waals surface area (Å²) in [6.45, 7) is 2.46. The van der Waals surface area contributed by atoms with Crippen LogP contribution in [0, 0.1) is 0 Å². The number of amides is 2. The molecule has 0 saturated carbocycles. The van der Waals surface area contributed by atoms with E-state index in [1.165, 1.54) is 11.3 Å². The van der Waals surface area contributed by atoms with Crippen LogP contribution in [0.1, 0.15) is 17.3 Å². The minimum Gasteiger partial charge on any atom is -0.494 e. The van der Waals surface area contributed by atoms with Gasteiger partial charge in [-0.3, -0.25) is 14.9 Å². The third kappa shape index (κ3) is 3.18. The number of benzene rings is 2. The van der Waals surface area contributed by atoms with Gasteiger partial charge in [0.1, 0.15) is 11.5 Å². The van der Waals surface area contributed by atoms with Gasteiger partial charge in [0.25, 0.3) is 11.8 Å². The molecule has 7 nitrogen and oxygen atoms in total. The number of hydrogen-bond acceptors (Lipinski definition) is 6. The van der Waals surface area contributed by atoms with Crippen LogP contribution in [0.2, 0.25) is 0 Å². The highest BCUT2D eigenvalue weighted by Crippen LogP contribution is 2.31. The molecule has 2 heterocycles. The molecule has 1 aliphatic rings. The fraction of sp³-hybridized carbons (Fsp3) is 0.167. The van der Waals surface area contributed by atoms with Crippen molar-refractivity contribution in [3.8, 4) is 11.5 Å². The van der Waals surface area contributed by atoms with E-state index in [9.17, 15) is 9.59 Å². The van der Waals surface area contributed by atoms with Gasteiger partial charge in [-0.25, -0.2) is 4.98 Å². The number of fused-ring (bicyclic) bond motifs is 2. The predicted octanol–water partition coefficient (Wildman–Crippen LogP) is 3.28. The largest absolute Gasteiger partial charge is 0.494 e. The lowest BCUT2D eigenvalue weighted by Gasteiger charge is -2.18. The number of hydrogen-bond donors (Lipinski definition) is 2. The zero-order valence-electron chi connectivity index (χ0n) is 13.9. The van der Waals surface area contributed by atoms with Crippen LogP contribution in [0.4, 0.5) is 10.8 Å². The molecular formula is C18H15N3O4S. The third-order valence-corrected chi connectivity index (χ3v) is 4.70. The molecule has 8 heteroatoms. The predicted molar refractivity (Wildman–Crippen MR) is 99.3 cm³/mol. The van der Waals surface area contributed by atoms with E-state index >= 15 is 0 Å². The van der Waals surface area contributed by atoms with Gasteiger partial charge in [0.05, 0.1) is 22.5 Å². The number of carbonyl (C=O) groups excluding carboxylic acids is 2. The van der Waals surface area contributed by atoms with Crippen molar-refractivity contribution in [2.45, 2.75) is 6.92 Å². The van der Waals surface area contributed by atoms with Gasteiger partial charge in [0, 0.05) is 5.56 Å². The van der Waals surface area contributed by atoms with Crippen molar-refractivity contribution in [2.24, 2.45) is 0 Å². The number of carbonyl (C=O) groups is 2. The maximum atomic E-state index is 12.5. The first-order valence-corrected chi connectivity index (χ1v) is 8.85. The van der Waals surface area contributed by atoms with Crippen LogP contribution in [-0.4, -0.2) is 30.0 Å². The lowest BCUT2D eigenvalue weighted by molar-refractivity contribution is -0.118. The van der Waals surface area contributed by atoms with E-state index in [1.54, 1.807) is 18.2 Å². The van der Waals surface area contributed by atoms with Gasteiger partial charge in [-0.05, 0) is 43.3 Å². The minimum absolute atomic E-state index is 0.0574. The Balaban J connectivity index is 1.54. The molecule has 132 valence electrons. The first-order chi connectivity index (χ1) is 12.6. The molecule has 0 saturated heterocycles. The van der Waals surface area contributed by atoms with Gasteiger partial charge in [-0.15, -0.1) is 0 Å². The van der Waals surface area contributed by atoms with Crippen LogP contribution in [0.5, 0.6) is 11.5 Å². The van der Waals surface area contributed by atoms with E-state index in [-0.39, 0.29) is 18.4 Å². The fourth-order valence-electron chi connectivity index (χ4n) is 2.60. The molecule has 1 aliphatic heterocycles. The Bertz CT molecular complexity index is 1010. The third-order valence-electron chi connectivity index (χ3n) is 3.77. The standard InChI is InChI=1S/C18H15N3O4S/c1-2-24-11-4-6-13-15(8-11)26-18(20-13)21-17(23)10-3-5-12-14(7-10)25-9-16(22)19-12/h3-8H,2,9H2,1H3,(H,19,22)(H,20,21,23). The SMILES string of the molecule is CCOc1ccc2nc(NC(=O)c3ccc4c(c3)OCC(=O)N4)sc2c1. The van der Waals surface area contributed by atoms with Gasteiger partial charge in [0.2, 0.25) is 0 Å². The van der Waals surface area contributed by atoms with Crippen LogP contribution in [0.3, 0.4) is 0 Å². The minimum atomic E-state index is -0.294. The van der Waals surface area contributed by atoms with Crippen molar-refractivity contribution in [3.63, 3.8) is 0 Å². The Morgan fingerprint density at radius 2 is 2.23 bits per heavy atom. The molecule has 0 fully saturated rings. The summed E-state index contributed by atoms with van der Waals surface area (Å²) >= 11 is 1.38. The second kappa shape index (κ2) is 6.64. The molecule has 0 aliphatic carbocycles.